The van der Waals surface area contributed by atoms with Crippen molar-refractivity contribution >= 4 is 38.9 Å². The van der Waals surface area contributed by atoms with Gasteiger partial charge in [0.05, 0.1) is 20.9 Å². The summed E-state index contributed by atoms with van der Waals surface area (Å²) in [7, 11) is 0. The predicted octanol–water partition coefficient (Wildman–Crippen LogP) is 3.02. The number of nitrogens with zero attached hydrogens (tertiary/aromatic N) is 4. The summed E-state index contributed by atoms with van der Waals surface area (Å²) in [5.41, 5.74) is 2.05. The maximum Gasteiger partial charge on any atom is 0.323 e. The van der Waals surface area contributed by atoms with Crippen LogP contribution in [-0.2, 0) is 11.3 Å². The summed E-state index contributed by atoms with van der Waals surface area (Å²) in [6, 6.07) is 13.4. The molecule has 26 heavy (non-hydrogen) atoms. The molecule has 0 fully saturated rings. The monoisotopic (exact) mass is 370 g/mol. The van der Waals surface area contributed by atoms with Gasteiger partial charge in [-0.2, -0.15) is 5.10 Å². The van der Waals surface area contributed by atoms with E-state index in [9.17, 15) is 14.9 Å². The second kappa shape index (κ2) is 7.28. The van der Waals surface area contributed by atoms with Crippen LogP contribution in [0.4, 0.5) is 5.69 Å². The van der Waals surface area contributed by atoms with Crippen LogP contribution in [0.25, 0.3) is 10.2 Å². The highest BCUT2D eigenvalue weighted by Crippen LogP contribution is 2.17. The first-order chi connectivity index (χ1) is 12.5. The maximum absolute atomic E-state index is 11.2. The Bertz CT molecular complexity index is 1080. The van der Waals surface area contributed by atoms with Gasteiger partial charge in [0.1, 0.15) is 6.54 Å². The van der Waals surface area contributed by atoms with Gasteiger partial charge in [0.2, 0.25) is 4.80 Å². The van der Waals surface area contributed by atoms with Gasteiger partial charge in [-0.05, 0) is 36.8 Å². The van der Waals surface area contributed by atoms with E-state index in [0.717, 1.165) is 10.2 Å². The molecule has 3 rings (SSSR count). The summed E-state index contributed by atoms with van der Waals surface area (Å²) in [4.78, 5) is 21.9. The Morgan fingerprint density at radius 3 is 2.58 bits per heavy atom. The first-order valence-corrected chi connectivity index (χ1v) is 8.40. The maximum atomic E-state index is 11.2. The number of nitro groups is 1. The third kappa shape index (κ3) is 3.67. The van der Waals surface area contributed by atoms with Gasteiger partial charge in [0, 0.05) is 12.1 Å². The molecule has 2 aromatic carbocycles. The summed E-state index contributed by atoms with van der Waals surface area (Å²) in [5.74, 6) is -0.967. The van der Waals surface area contributed by atoms with Crippen molar-refractivity contribution in [2.75, 3.05) is 0 Å². The Labute approximate surface area is 151 Å². The normalized spacial score (nSPS) is 12.5. The molecule has 0 atom stereocenters. The van der Waals surface area contributed by atoms with Gasteiger partial charge in [0.25, 0.3) is 5.69 Å². The number of fused-ring (bicyclic) bond motifs is 1. The average Bonchev–Trinajstić information content (AvgIpc) is 2.97. The standard InChI is InChI=1S/C17H14N4O4S/c1-11(12-6-8-13(9-7-12)21(24)25)18-19-17-20(10-16(22)23)14-4-2-3-5-15(14)26-17/h2-9H,10H2,1H3,(H,22,23). The van der Waals surface area contributed by atoms with Crippen molar-refractivity contribution in [1.82, 2.24) is 4.57 Å². The lowest BCUT2D eigenvalue weighted by Crippen LogP contribution is -2.19. The van der Waals surface area contributed by atoms with Crippen molar-refractivity contribution < 1.29 is 14.8 Å². The minimum atomic E-state index is -0.967. The molecule has 0 unspecified atom stereocenters. The number of hydrogen-bond donors (Lipinski definition) is 1. The van der Waals surface area contributed by atoms with E-state index >= 15 is 0 Å². The van der Waals surface area contributed by atoms with Gasteiger partial charge in [-0.1, -0.05) is 23.5 Å². The number of nitro benzene ring substituents is 1. The zero-order valence-electron chi connectivity index (χ0n) is 13.7. The highest BCUT2D eigenvalue weighted by Gasteiger charge is 2.09. The van der Waals surface area contributed by atoms with Crippen LogP contribution < -0.4 is 4.80 Å². The minimum absolute atomic E-state index is 0.00213. The summed E-state index contributed by atoms with van der Waals surface area (Å²) in [6.45, 7) is 1.52. The molecular formula is C17H14N4O4S. The lowest BCUT2D eigenvalue weighted by Gasteiger charge is -2.00. The smallest absolute Gasteiger partial charge is 0.323 e. The fourth-order valence-corrected chi connectivity index (χ4v) is 3.37. The molecule has 0 amide bonds. The van der Waals surface area contributed by atoms with E-state index in [1.165, 1.54) is 23.5 Å². The fourth-order valence-electron chi connectivity index (χ4n) is 2.39. The lowest BCUT2D eigenvalue weighted by molar-refractivity contribution is -0.384. The first kappa shape index (κ1) is 17.5. The van der Waals surface area contributed by atoms with E-state index in [4.69, 9.17) is 5.11 Å². The highest BCUT2D eigenvalue weighted by molar-refractivity contribution is 7.16. The number of aliphatic carboxylic acids is 1. The number of carboxylic acid groups (broad SMARTS) is 1. The molecule has 1 N–H and O–H groups in total. The number of carboxylic acids is 1. The number of para-hydroxylation sites is 1. The Kier molecular flexibility index (Phi) is 4.90. The van der Waals surface area contributed by atoms with Gasteiger partial charge >= 0.3 is 5.97 Å². The van der Waals surface area contributed by atoms with E-state index in [2.05, 4.69) is 10.2 Å². The molecule has 0 bridgehead atoms. The molecule has 0 aliphatic carbocycles. The largest absolute Gasteiger partial charge is 0.480 e. The third-order valence-corrected chi connectivity index (χ3v) is 4.71. The first-order valence-electron chi connectivity index (χ1n) is 7.59. The summed E-state index contributed by atoms with van der Waals surface area (Å²) < 4.78 is 2.50. The van der Waals surface area contributed by atoms with Gasteiger partial charge in [-0.25, -0.2) is 0 Å². The van der Waals surface area contributed by atoms with Crippen LogP contribution in [0.3, 0.4) is 0 Å². The van der Waals surface area contributed by atoms with Crippen molar-refractivity contribution in [3.8, 4) is 0 Å². The van der Waals surface area contributed by atoms with Crippen LogP contribution in [0, 0.1) is 10.1 Å². The Morgan fingerprint density at radius 1 is 1.23 bits per heavy atom. The van der Waals surface area contributed by atoms with E-state index < -0.39 is 10.9 Å². The Morgan fingerprint density at radius 2 is 1.92 bits per heavy atom. The van der Waals surface area contributed by atoms with E-state index in [1.807, 2.05) is 24.3 Å². The average molecular weight is 370 g/mol. The molecule has 1 heterocycles. The second-order valence-corrected chi connectivity index (χ2v) is 6.43. The van der Waals surface area contributed by atoms with Crippen molar-refractivity contribution in [1.29, 1.82) is 0 Å². The highest BCUT2D eigenvalue weighted by atomic mass is 32.1. The summed E-state index contributed by atoms with van der Waals surface area (Å²) in [5, 5.41) is 28.2. The minimum Gasteiger partial charge on any atom is -0.480 e. The number of rotatable bonds is 5. The van der Waals surface area contributed by atoms with Crippen LogP contribution in [0.1, 0.15) is 12.5 Å². The molecule has 0 aliphatic rings. The molecule has 0 aliphatic heterocycles. The Balaban J connectivity index is 2.02. The van der Waals surface area contributed by atoms with Gasteiger partial charge in [-0.15, -0.1) is 5.10 Å². The third-order valence-electron chi connectivity index (χ3n) is 3.66. The van der Waals surface area contributed by atoms with Crippen molar-refractivity contribution in [3.63, 3.8) is 0 Å². The number of hydrogen-bond acceptors (Lipinski definition) is 6. The zero-order chi connectivity index (χ0) is 18.7. The quantitative estimate of drug-likeness (QED) is 0.423. The van der Waals surface area contributed by atoms with E-state index in [-0.39, 0.29) is 12.2 Å². The van der Waals surface area contributed by atoms with Crippen LogP contribution in [0.15, 0.2) is 58.7 Å². The van der Waals surface area contributed by atoms with Crippen molar-refractivity contribution in [2.24, 2.45) is 10.2 Å². The number of thiazole rings is 1. The topological polar surface area (TPSA) is 110 Å². The van der Waals surface area contributed by atoms with Gasteiger partial charge in [-0.3, -0.25) is 14.9 Å². The Hall–Kier alpha value is -3.33. The SMILES string of the molecule is CC(=NN=c1sc2ccccc2n1CC(=O)O)c1ccc([N+](=O)[O-])cc1. The zero-order valence-corrected chi connectivity index (χ0v) is 14.5. The summed E-state index contributed by atoms with van der Waals surface area (Å²) in [6.07, 6.45) is 0. The summed E-state index contributed by atoms with van der Waals surface area (Å²) >= 11 is 1.35. The molecule has 3 aromatic rings. The van der Waals surface area contributed by atoms with Crippen LogP contribution >= 0.6 is 11.3 Å². The second-order valence-electron chi connectivity index (χ2n) is 5.42. The number of aromatic nitrogens is 1. The molecule has 8 nitrogen and oxygen atoms in total. The van der Waals surface area contributed by atoms with Gasteiger partial charge in [0.15, 0.2) is 0 Å². The molecule has 132 valence electrons. The molecule has 0 saturated carbocycles. The van der Waals surface area contributed by atoms with Crippen LogP contribution in [-0.4, -0.2) is 26.3 Å². The van der Waals surface area contributed by atoms with Crippen molar-refractivity contribution in [3.05, 3.63) is 69.0 Å². The predicted molar refractivity (Wildman–Crippen MR) is 98.3 cm³/mol. The molecule has 9 heteroatoms. The van der Waals surface area contributed by atoms with E-state index in [0.29, 0.717) is 16.1 Å². The van der Waals surface area contributed by atoms with E-state index in [1.54, 1.807) is 23.6 Å². The van der Waals surface area contributed by atoms with Crippen LogP contribution in [0.2, 0.25) is 0 Å². The fraction of sp³-hybridized carbons (Fsp3) is 0.118. The molecular weight excluding hydrogens is 356 g/mol. The van der Waals surface area contributed by atoms with Gasteiger partial charge < -0.3 is 9.67 Å². The number of benzene rings is 2. The molecule has 0 spiro atoms. The lowest BCUT2D eigenvalue weighted by atomic mass is 10.1. The van der Waals surface area contributed by atoms with Crippen LogP contribution in [0.5, 0.6) is 0 Å². The molecule has 0 saturated heterocycles. The molecule has 1 aromatic heterocycles. The molecule has 0 radical (unpaired) electrons. The van der Waals surface area contributed by atoms with Crippen molar-refractivity contribution in [2.45, 2.75) is 13.5 Å². The number of non-ortho nitro benzene ring substituents is 1. The number of carbonyl (C=O) groups is 1.